The fraction of sp³-hybridized carbons (Fsp3) is 0.389. The van der Waals surface area contributed by atoms with Crippen molar-refractivity contribution < 1.29 is 4.74 Å². The van der Waals surface area contributed by atoms with Gasteiger partial charge in [-0.15, -0.1) is 0 Å². The first-order chi connectivity index (χ1) is 10.3. The van der Waals surface area contributed by atoms with Crippen molar-refractivity contribution in [2.45, 2.75) is 32.7 Å². The van der Waals surface area contributed by atoms with Crippen LogP contribution in [0.15, 0.2) is 48.8 Å². The summed E-state index contributed by atoms with van der Waals surface area (Å²) in [5, 5.41) is 3.55. The second-order valence-electron chi connectivity index (χ2n) is 5.09. The number of benzene rings is 1. The van der Waals surface area contributed by atoms with Crippen LogP contribution in [-0.4, -0.2) is 18.1 Å². The van der Waals surface area contributed by atoms with Gasteiger partial charge in [0.15, 0.2) is 0 Å². The smallest absolute Gasteiger partial charge is 0.119 e. The normalized spacial score (nSPS) is 12.1. The van der Waals surface area contributed by atoms with Crippen LogP contribution in [0.1, 0.15) is 37.4 Å². The Hall–Kier alpha value is -1.87. The fourth-order valence-corrected chi connectivity index (χ4v) is 2.33. The molecule has 1 N–H and O–H groups in total. The Bertz CT molecular complexity index is 511. The number of nitrogens with zero attached hydrogens (tertiary/aromatic N) is 1. The van der Waals surface area contributed by atoms with E-state index in [1.165, 1.54) is 11.1 Å². The number of ether oxygens (including phenoxy) is 1. The van der Waals surface area contributed by atoms with Crippen molar-refractivity contribution in [1.29, 1.82) is 0 Å². The van der Waals surface area contributed by atoms with Crippen LogP contribution in [0.4, 0.5) is 0 Å². The molecule has 1 atom stereocenters. The molecule has 0 radical (unpaired) electrons. The molecule has 2 rings (SSSR count). The van der Waals surface area contributed by atoms with Crippen LogP contribution < -0.4 is 10.1 Å². The second kappa shape index (κ2) is 8.42. The SMILES string of the molecule is CCCOc1ccc(C(Cc2ccncc2)NCC)cc1. The van der Waals surface area contributed by atoms with E-state index < -0.39 is 0 Å². The number of aromatic nitrogens is 1. The molecule has 0 aliphatic rings. The van der Waals surface area contributed by atoms with Crippen LogP contribution in [0.5, 0.6) is 5.75 Å². The first kappa shape index (κ1) is 15.5. The minimum atomic E-state index is 0.317. The van der Waals surface area contributed by atoms with Gasteiger partial charge in [-0.2, -0.15) is 0 Å². The second-order valence-corrected chi connectivity index (χ2v) is 5.09. The van der Waals surface area contributed by atoms with Crippen molar-refractivity contribution >= 4 is 0 Å². The summed E-state index contributed by atoms with van der Waals surface area (Å²) in [4.78, 5) is 4.07. The topological polar surface area (TPSA) is 34.1 Å². The lowest BCUT2D eigenvalue weighted by Gasteiger charge is -2.19. The van der Waals surface area contributed by atoms with Crippen molar-refractivity contribution in [1.82, 2.24) is 10.3 Å². The summed E-state index contributed by atoms with van der Waals surface area (Å²) < 4.78 is 5.64. The van der Waals surface area contributed by atoms with Crippen LogP contribution in [-0.2, 0) is 6.42 Å². The van der Waals surface area contributed by atoms with Gasteiger partial charge < -0.3 is 10.1 Å². The van der Waals surface area contributed by atoms with Crippen molar-refractivity contribution in [2.24, 2.45) is 0 Å². The molecule has 3 heteroatoms. The van der Waals surface area contributed by atoms with Gasteiger partial charge in [0.25, 0.3) is 0 Å². The number of nitrogens with one attached hydrogen (secondary N) is 1. The molecule has 0 aliphatic carbocycles. The molecular formula is C18H24N2O. The van der Waals surface area contributed by atoms with Crippen LogP contribution in [0.3, 0.4) is 0 Å². The lowest BCUT2D eigenvalue weighted by Crippen LogP contribution is -2.22. The van der Waals surface area contributed by atoms with Gasteiger partial charge in [0.2, 0.25) is 0 Å². The molecule has 0 spiro atoms. The zero-order valence-electron chi connectivity index (χ0n) is 12.9. The zero-order valence-corrected chi connectivity index (χ0v) is 12.9. The van der Waals surface area contributed by atoms with E-state index >= 15 is 0 Å². The van der Waals surface area contributed by atoms with Gasteiger partial charge in [-0.1, -0.05) is 26.0 Å². The molecular weight excluding hydrogens is 260 g/mol. The number of pyridine rings is 1. The highest BCUT2D eigenvalue weighted by Gasteiger charge is 2.11. The average Bonchev–Trinajstić information content (AvgIpc) is 2.54. The largest absolute Gasteiger partial charge is 0.494 e. The highest BCUT2D eigenvalue weighted by atomic mass is 16.5. The number of hydrogen-bond donors (Lipinski definition) is 1. The van der Waals surface area contributed by atoms with E-state index in [0.29, 0.717) is 6.04 Å². The standard InChI is InChI=1S/C18H24N2O/c1-3-13-21-17-7-5-16(6-8-17)18(20-4-2)14-15-9-11-19-12-10-15/h5-12,18,20H,3-4,13-14H2,1-2H3. The van der Waals surface area contributed by atoms with Gasteiger partial charge in [-0.25, -0.2) is 0 Å². The van der Waals surface area contributed by atoms with E-state index in [9.17, 15) is 0 Å². The molecule has 21 heavy (non-hydrogen) atoms. The first-order valence-electron chi connectivity index (χ1n) is 7.68. The quantitative estimate of drug-likeness (QED) is 0.801. The molecule has 1 unspecified atom stereocenters. The summed E-state index contributed by atoms with van der Waals surface area (Å²) in [5.74, 6) is 0.944. The molecule has 3 nitrogen and oxygen atoms in total. The van der Waals surface area contributed by atoms with E-state index in [1.54, 1.807) is 0 Å². The van der Waals surface area contributed by atoms with Gasteiger partial charge in [-0.05, 0) is 54.8 Å². The van der Waals surface area contributed by atoms with Gasteiger partial charge >= 0.3 is 0 Å². The average molecular weight is 284 g/mol. The molecule has 0 fully saturated rings. The Labute approximate surface area is 127 Å². The van der Waals surface area contributed by atoms with Gasteiger partial charge in [-0.3, -0.25) is 4.98 Å². The van der Waals surface area contributed by atoms with Crippen LogP contribution in [0, 0.1) is 0 Å². The molecule has 1 heterocycles. The minimum Gasteiger partial charge on any atom is -0.494 e. The molecule has 1 aromatic carbocycles. The summed E-state index contributed by atoms with van der Waals surface area (Å²) in [6.45, 7) is 5.97. The molecule has 0 saturated heterocycles. The summed E-state index contributed by atoms with van der Waals surface area (Å²) >= 11 is 0. The number of hydrogen-bond acceptors (Lipinski definition) is 3. The molecule has 1 aromatic heterocycles. The van der Waals surface area contributed by atoms with E-state index in [4.69, 9.17) is 4.74 Å². The maximum absolute atomic E-state index is 5.64. The molecule has 0 saturated carbocycles. The van der Waals surface area contributed by atoms with E-state index in [0.717, 1.165) is 31.7 Å². The van der Waals surface area contributed by atoms with Gasteiger partial charge in [0.05, 0.1) is 6.61 Å². The monoisotopic (exact) mass is 284 g/mol. The lowest BCUT2D eigenvalue weighted by molar-refractivity contribution is 0.317. The van der Waals surface area contributed by atoms with E-state index in [2.05, 4.69) is 60.5 Å². The summed E-state index contributed by atoms with van der Waals surface area (Å²) in [7, 11) is 0. The Morgan fingerprint density at radius 3 is 2.38 bits per heavy atom. The molecule has 0 amide bonds. The maximum atomic E-state index is 5.64. The van der Waals surface area contributed by atoms with Crippen LogP contribution in [0.2, 0.25) is 0 Å². The number of rotatable bonds is 8. The van der Waals surface area contributed by atoms with Gasteiger partial charge in [0.1, 0.15) is 5.75 Å². The summed E-state index contributed by atoms with van der Waals surface area (Å²) in [6, 6.07) is 12.9. The Kier molecular flexibility index (Phi) is 6.22. The van der Waals surface area contributed by atoms with E-state index in [1.807, 2.05) is 12.4 Å². The van der Waals surface area contributed by atoms with Crippen LogP contribution in [0.25, 0.3) is 0 Å². The molecule has 0 aliphatic heterocycles. The highest BCUT2D eigenvalue weighted by molar-refractivity contribution is 5.30. The van der Waals surface area contributed by atoms with Gasteiger partial charge in [0, 0.05) is 18.4 Å². The predicted molar refractivity (Wildman–Crippen MR) is 86.6 cm³/mol. The third-order valence-corrected chi connectivity index (χ3v) is 3.40. The zero-order chi connectivity index (χ0) is 14.9. The third-order valence-electron chi connectivity index (χ3n) is 3.40. The summed E-state index contributed by atoms with van der Waals surface area (Å²) in [6.07, 6.45) is 5.69. The summed E-state index contributed by atoms with van der Waals surface area (Å²) in [5.41, 5.74) is 2.58. The Balaban J connectivity index is 2.06. The minimum absolute atomic E-state index is 0.317. The fourth-order valence-electron chi connectivity index (χ4n) is 2.33. The highest BCUT2D eigenvalue weighted by Crippen LogP contribution is 2.21. The first-order valence-corrected chi connectivity index (χ1v) is 7.68. The predicted octanol–water partition coefficient (Wildman–Crippen LogP) is 3.76. The van der Waals surface area contributed by atoms with Crippen molar-refractivity contribution in [2.75, 3.05) is 13.2 Å². The number of likely N-dealkylation sites (N-methyl/N-ethyl adjacent to an activating group) is 1. The maximum Gasteiger partial charge on any atom is 0.119 e. The third kappa shape index (κ3) is 4.87. The molecule has 2 aromatic rings. The Morgan fingerprint density at radius 1 is 1.05 bits per heavy atom. The van der Waals surface area contributed by atoms with Crippen molar-refractivity contribution in [3.63, 3.8) is 0 Å². The molecule has 112 valence electrons. The van der Waals surface area contributed by atoms with E-state index in [-0.39, 0.29) is 0 Å². The Morgan fingerprint density at radius 2 is 1.76 bits per heavy atom. The lowest BCUT2D eigenvalue weighted by atomic mass is 9.99. The van der Waals surface area contributed by atoms with Crippen molar-refractivity contribution in [3.8, 4) is 5.75 Å². The molecule has 0 bridgehead atoms. The van der Waals surface area contributed by atoms with Crippen LogP contribution >= 0.6 is 0 Å². The van der Waals surface area contributed by atoms with Crippen molar-refractivity contribution in [3.05, 3.63) is 59.9 Å².